The summed E-state index contributed by atoms with van der Waals surface area (Å²) in [7, 11) is 0. The van der Waals surface area contributed by atoms with E-state index in [4.69, 9.17) is 0 Å². The van der Waals surface area contributed by atoms with Crippen LogP contribution in [0.5, 0.6) is 0 Å². The molecule has 0 atom stereocenters. The summed E-state index contributed by atoms with van der Waals surface area (Å²) in [6.07, 6.45) is 10.5. The van der Waals surface area contributed by atoms with Gasteiger partial charge in [-0.2, -0.15) is 0 Å². The van der Waals surface area contributed by atoms with E-state index in [2.05, 4.69) is 42.0 Å². The van der Waals surface area contributed by atoms with Crippen LogP contribution >= 0.6 is 0 Å². The number of unbranched alkanes of at least 4 members (excludes halogenated alkanes) is 2. The van der Waals surface area contributed by atoms with Gasteiger partial charge >= 0.3 is 0 Å². The van der Waals surface area contributed by atoms with Crippen LogP contribution in [0.3, 0.4) is 0 Å². The first-order valence-electron chi connectivity index (χ1n) is 8.15. The van der Waals surface area contributed by atoms with Crippen LogP contribution in [-0.2, 0) is 6.54 Å². The average molecular weight is 275 g/mol. The highest BCUT2D eigenvalue weighted by Crippen LogP contribution is 2.24. The second kappa shape index (κ2) is 7.63. The van der Waals surface area contributed by atoms with Gasteiger partial charge in [0.15, 0.2) is 0 Å². The predicted octanol–water partition coefficient (Wildman–Crippen LogP) is 3.74. The highest BCUT2D eigenvalue weighted by Gasteiger charge is 2.21. The maximum Gasteiger partial charge on any atom is 0.0445 e. The summed E-state index contributed by atoms with van der Waals surface area (Å²) >= 11 is 0. The van der Waals surface area contributed by atoms with Crippen molar-refractivity contribution in [2.75, 3.05) is 11.4 Å². The Morgan fingerprint density at radius 3 is 2.80 bits per heavy atom. The van der Waals surface area contributed by atoms with Crippen molar-refractivity contribution in [3.63, 3.8) is 0 Å². The molecule has 0 unspecified atom stereocenters. The summed E-state index contributed by atoms with van der Waals surface area (Å²) in [5.74, 6) is 0. The van der Waals surface area contributed by atoms with Gasteiger partial charge in [-0.25, -0.2) is 0 Å². The lowest BCUT2D eigenvalue weighted by Crippen LogP contribution is -2.33. The van der Waals surface area contributed by atoms with E-state index in [1.807, 2.05) is 12.4 Å². The first-order chi connectivity index (χ1) is 9.72. The van der Waals surface area contributed by atoms with Gasteiger partial charge < -0.3 is 10.2 Å². The van der Waals surface area contributed by atoms with Gasteiger partial charge in [-0.1, -0.05) is 19.8 Å². The van der Waals surface area contributed by atoms with Crippen LogP contribution in [0.2, 0.25) is 0 Å². The predicted molar refractivity (Wildman–Crippen MR) is 86.1 cm³/mol. The molecule has 2 rings (SSSR count). The molecule has 0 spiro atoms. The van der Waals surface area contributed by atoms with Crippen LogP contribution in [-0.4, -0.2) is 23.6 Å². The molecule has 0 bridgehead atoms. The van der Waals surface area contributed by atoms with Crippen molar-refractivity contribution in [1.82, 2.24) is 10.3 Å². The van der Waals surface area contributed by atoms with Crippen molar-refractivity contribution >= 4 is 5.69 Å². The highest BCUT2D eigenvalue weighted by atomic mass is 15.2. The summed E-state index contributed by atoms with van der Waals surface area (Å²) < 4.78 is 0. The van der Waals surface area contributed by atoms with Crippen molar-refractivity contribution < 1.29 is 0 Å². The molecular formula is C17H29N3. The van der Waals surface area contributed by atoms with Crippen molar-refractivity contribution in [2.45, 2.75) is 71.5 Å². The van der Waals surface area contributed by atoms with Crippen LogP contribution in [0.25, 0.3) is 0 Å². The van der Waals surface area contributed by atoms with E-state index >= 15 is 0 Å². The van der Waals surface area contributed by atoms with E-state index in [0.717, 1.165) is 19.1 Å². The summed E-state index contributed by atoms with van der Waals surface area (Å²) in [5.41, 5.74) is 2.70. The molecule has 1 fully saturated rings. The third kappa shape index (κ3) is 4.48. The second-order valence-corrected chi connectivity index (χ2v) is 6.15. The number of nitrogens with zero attached hydrogens (tertiary/aromatic N) is 2. The summed E-state index contributed by atoms with van der Waals surface area (Å²) in [6, 6.07) is 3.46. The fourth-order valence-electron chi connectivity index (χ4n) is 2.57. The highest BCUT2D eigenvalue weighted by molar-refractivity contribution is 5.53. The van der Waals surface area contributed by atoms with Gasteiger partial charge in [-0.15, -0.1) is 0 Å². The number of anilines is 1. The number of aromatic nitrogens is 1. The minimum Gasteiger partial charge on any atom is -0.369 e. The zero-order chi connectivity index (χ0) is 14.4. The Kier molecular flexibility index (Phi) is 5.84. The maximum absolute atomic E-state index is 4.32. The Labute approximate surface area is 123 Å². The Bertz CT molecular complexity index is 399. The fraction of sp³-hybridized carbons (Fsp3) is 0.706. The molecule has 3 nitrogen and oxygen atoms in total. The largest absolute Gasteiger partial charge is 0.369 e. The maximum atomic E-state index is 4.32. The number of nitrogens with one attached hydrogen (secondary N) is 1. The molecule has 0 radical (unpaired) electrons. The molecule has 1 aromatic heterocycles. The lowest BCUT2D eigenvalue weighted by molar-refractivity contribution is 0.617. The molecule has 1 heterocycles. The Morgan fingerprint density at radius 1 is 1.35 bits per heavy atom. The van der Waals surface area contributed by atoms with Crippen LogP contribution in [0.15, 0.2) is 18.5 Å². The van der Waals surface area contributed by atoms with Crippen molar-refractivity contribution in [3.05, 3.63) is 24.0 Å². The molecule has 1 aliphatic rings. The number of rotatable bonds is 9. The third-order valence-electron chi connectivity index (χ3n) is 3.97. The van der Waals surface area contributed by atoms with E-state index in [9.17, 15) is 0 Å². The summed E-state index contributed by atoms with van der Waals surface area (Å²) in [6.45, 7) is 8.92. The number of pyridine rings is 1. The molecule has 0 saturated heterocycles. The van der Waals surface area contributed by atoms with Gasteiger partial charge in [0.2, 0.25) is 0 Å². The van der Waals surface area contributed by atoms with E-state index in [1.54, 1.807) is 0 Å². The monoisotopic (exact) mass is 275 g/mol. The van der Waals surface area contributed by atoms with E-state index < -0.39 is 0 Å². The summed E-state index contributed by atoms with van der Waals surface area (Å²) in [5, 5.41) is 3.61. The van der Waals surface area contributed by atoms with Gasteiger partial charge in [0.25, 0.3) is 0 Å². The molecule has 0 aliphatic heterocycles. The van der Waals surface area contributed by atoms with Crippen molar-refractivity contribution in [3.8, 4) is 0 Å². The van der Waals surface area contributed by atoms with Crippen LogP contribution in [0.4, 0.5) is 5.69 Å². The van der Waals surface area contributed by atoms with Gasteiger partial charge in [-0.3, -0.25) is 4.98 Å². The normalized spacial score (nSPS) is 14.8. The van der Waals surface area contributed by atoms with E-state index in [-0.39, 0.29) is 0 Å². The zero-order valence-corrected chi connectivity index (χ0v) is 13.2. The quantitative estimate of drug-likeness (QED) is 0.696. The van der Waals surface area contributed by atoms with Gasteiger partial charge in [-0.05, 0) is 39.2 Å². The van der Waals surface area contributed by atoms with Gasteiger partial charge in [0.05, 0.1) is 0 Å². The fourth-order valence-corrected chi connectivity index (χ4v) is 2.57. The van der Waals surface area contributed by atoms with Crippen LogP contribution < -0.4 is 10.2 Å². The lowest BCUT2D eigenvalue weighted by Gasteiger charge is -2.31. The standard InChI is InChI=1S/C17H29N3/c1-4-5-6-11-20(14(2)3)17-9-10-18-12-15(17)13-19-16-7-8-16/h9-10,12,14,16,19H,4-8,11,13H2,1-3H3. The van der Waals surface area contributed by atoms with E-state index in [0.29, 0.717) is 6.04 Å². The van der Waals surface area contributed by atoms with Crippen LogP contribution in [0, 0.1) is 0 Å². The molecule has 3 heteroatoms. The topological polar surface area (TPSA) is 28.2 Å². The molecule has 1 aliphatic carbocycles. The van der Waals surface area contributed by atoms with Crippen molar-refractivity contribution in [2.24, 2.45) is 0 Å². The molecule has 112 valence electrons. The Morgan fingerprint density at radius 2 is 2.15 bits per heavy atom. The zero-order valence-electron chi connectivity index (χ0n) is 13.2. The lowest BCUT2D eigenvalue weighted by atomic mass is 10.1. The van der Waals surface area contributed by atoms with E-state index in [1.165, 1.54) is 43.4 Å². The first kappa shape index (κ1) is 15.3. The molecule has 0 amide bonds. The third-order valence-corrected chi connectivity index (χ3v) is 3.97. The molecule has 20 heavy (non-hydrogen) atoms. The van der Waals surface area contributed by atoms with Crippen LogP contribution in [0.1, 0.15) is 58.4 Å². The van der Waals surface area contributed by atoms with Crippen molar-refractivity contribution in [1.29, 1.82) is 0 Å². The Hall–Kier alpha value is -1.09. The molecular weight excluding hydrogens is 246 g/mol. The second-order valence-electron chi connectivity index (χ2n) is 6.15. The minimum atomic E-state index is 0.536. The number of hydrogen-bond acceptors (Lipinski definition) is 3. The molecule has 1 saturated carbocycles. The molecule has 1 N–H and O–H groups in total. The smallest absolute Gasteiger partial charge is 0.0445 e. The van der Waals surface area contributed by atoms with Gasteiger partial charge in [0.1, 0.15) is 0 Å². The molecule has 1 aromatic rings. The Balaban J connectivity index is 2.04. The SMILES string of the molecule is CCCCCN(c1ccncc1CNC1CC1)C(C)C. The minimum absolute atomic E-state index is 0.536. The number of hydrogen-bond donors (Lipinski definition) is 1. The first-order valence-corrected chi connectivity index (χ1v) is 8.15. The average Bonchev–Trinajstić information content (AvgIpc) is 3.26. The van der Waals surface area contributed by atoms with Gasteiger partial charge in [0, 0.05) is 48.8 Å². The molecule has 0 aromatic carbocycles. The summed E-state index contributed by atoms with van der Waals surface area (Å²) in [4.78, 5) is 6.84.